The first-order valence-electron chi connectivity index (χ1n) is 37.0. The number of carboxylic acids is 1. The Kier molecular flexibility index (Phi) is 30.1. The van der Waals surface area contributed by atoms with Gasteiger partial charge < -0.3 is 38.3 Å². The summed E-state index contributed by atoms with van der Waals surface area (Å²) in [6.07, 6.45) is 10.9. The van der Waals surface area contributed by atoms with E-state index in [0.717, 1.165) is 72.0 Å². The quantitative estimate of drug-likeness (QED) is 0.0240. The highest BCUT2D eigenvalue weighted by atomic mass is 35.5. The molecule has 0 spiro atoms. The molecule has 8 aromatic rings. The van der Waals surface area contributed by atoms with Crippen molar-refractivity contribution in [3.05, 3.63) is 242 Å². The van der Waals surface area contributed by atoms with Gasteiger partial charge in [0.1, 0.15) is 36.0 Å². The number of carboxylic acid groups (broad SMARTS) is 1. The summed E-state index contributed by atoms with van der Waals surface area (Å²) < 4.78 is 181. The lowest BCUT2D eigenvalue weighted by molar-refractivity contribution is -0.148. The molecule has 634 valence electrons. The van der Waals surface area contributed by atoms with Crippen LogP contribution in [-0.4, -0.2) is 169 Å². The maximum atomic E-state index is 13.7. The van der Waals surface area contributed by atoms with Gasteiger partial charge in [-0.3, -0.25) is 4.79 Å². The second-order valence-corrected chi connectivity index (χ2v) is 40.6. The van der Waals surface area contributed by atoms with Gasteiger partial charge in [0, 0.05) is 72.2 Å². The van der Waals surface area contributed by atoms with E-state index in [1.54, 1.807) is 99.8 Å². The lowest BCUT2D eigenvalue weighted by atomic mass is 9.84. The van der Waals surface area contributed by atoms with E-state index in [9.17, 15) is 84.7 Å². The van der Waals surface area contributed by atoms with Crippen LogP contribution in [-0.2, 0) is 118 Å². The lowest BCUT2D eigenvalue weighted by Crippen LogP contribution is -2.26. The Morgan fingerprint density at radius 3 is 1.37 bits per heavy atom. The number of aromatic nitrogens is 1. The monoisotopic (exact) mass is 1770 g/mol. The van der Waals surface area contributed by atoms with Gasteiger partial charge in [0.15, 0.2) is 78.8 Å². The fourth-order valence-electron chi connectivity index (χ4n) is 13.0. The van der Waals surface area contributed by atoms with Gasteiger partial charge >= 0.3 is 29.8 Å². The van der Waals surface area contributed by atoms with E-state index in [1.807, 2.05) is 19.2 Å². The molecule has 3 fully saturated rings. The summed E-state index contributed by atoms with van der Waals surface area (Å²) >= 11 is 7.26. The van der Waals surface area contributed by atoms with Crippen LogP contribution in [0.25, 0.3) is 27.9 Å². The third-order valence-corrected chi connectivity index (χ3v) is 26.2. The molecule has 2 saturated heterocycles. The molecule has 0 radical (unpaired) electrons. The smallest absolute Gasteiger partial charge is 0.374 e. The summed E-state index contributed by atoms with van der Waals surface area (Å²) in [4.78, 5) is 77.3. The predicted octanol–water partition coefficient (Wildman–Crippen LogP) is 13.6. The number of aliphatic carboxylic acids is 1. The van der Waals surface area contributed by atoms with Crippen LogP contribution in [0.5, 0.6) is 0 Å². The minimum absolute atomic E-state index is 0.00475. The van der Waals surface area contributed by atoms with Crippen LogP contribution < -0.4 is 0 Å². The molecule has 5 aliphatic rings. The van der Waals surface area contributed by atoms with E-state index in [1.165, 1.54) is 116 Å². The van der Waals surface area contributed by atoms with Crippen LogP contribution >= 0.6 is 22.9 Å². The molecule has 5 atom stereocenters. The molecule has 34 heteroatoms. The molecule has 4 unspecified atom stereocenters. The van der Waals surface area contributed by atoms with Crippen molar-refractivity contribution in [2.24, 2.45) is 5.92 Å². The van der Waals surface area contributed by atoms with Crippen molar-refractivity contribution in [2.75, 3.05) is 57.7 Å². The first-order chi connectivity index (χ1) is 55.7. The van der Waals surface area contributed by atoms with Gasteiger partial charge in [0.2, 0.25) is 5.76 Å². The Labute approximate surface area is 699 Å². The second-order valence-electron chi connectivity index (χ2n) is 29.1. The van der Waals surface area contributed by atoms with E-state index in [0.29, 0.717) is 58.1 Å². The standard InChI is InChI=1S/C20H18F2O4S.C18H15ClO5S.C17H17NO5S2.C16H20O5S.C14H18O5S/c1-4-20(2)18(12-5-8-14(9-6-12)27(3,24)25)17(19(23)26-20)13-7-10-15(21)16(22)11-13;1-11(20)16(12-5-9-15(10-6-12)25(2,23)24)17(18(21)22)13-3-7-14(19)8-4-13;1-17(2)14(11-4-6-12(7-5-11)25(3,20)21)15(16(19)23-17)22-10-13-18-8-9-24-13;1-22(18,19)13-6-4-12(5-7-13)14-10-21-16(17)15(14)20-9-8-11-2-3-11;1-3-8-18-13-12(9-19-14(13)15)10-4-6-11(7-5-10)20(2,16)17/h5-11H,4H2,1-3H3;3-10H,1-2H3,(H,21,22);4-9H,10H2,1-3H3;4-7,11,14-15H,2-3,8-10H2,1H3;4-7,12-13H,3,8-9H2,1-2H3/b;17-16+;;;/t20-;;;;/m1..../s1. The minimum atomic E-state index is -3.39. The first kappa shape index (κ1) is 92.9. The molecular formula is C85H88ClF2NO24S6. The van der Waals surface area contributed by atoms with Crippen LogP contribution in [0.1, 0.15) is 129 Å². The zero-order valence-electron chi connectivity index (χ0n) is 66.6. The molecule has 4 aliphatic heterocycles. The number of benzene rings is 7. The number of esters is 4. The maximum Gasteiger partial charge on any atom is 0.374 e. The molecule has 25 nitrogen and oxygen atoms in total. The number of halogens is 3. The Morgan fingerprint density at radius 2 is 0.966 bits per heavy atom. The van der Waals surface area contributed by atoms with Gasteiger partial charge in [-0.05, 0) is 177 Å². The molecule has 0 bridgehead atoms. The number of sulfone groups is 5. The van der Waals surface area contributed by atoms with Crippen molar-refractivity contribution in [1.29, 1.82) is 0 Å². The lowest BCUT2D eigenvalue weighted by Gasteiger charge is -2.25. The normalized spacial score (nSPS) is 19.2. The number of ketones is 1. The van der Waals surface area contributed by atoms with Gasteiger partial charge in [0.25, 0.3) is 0 Å². The summed E-state index contributed by atoms with van der Waals surface area (Å²) in [5, 5.41) is 12.6. The maximum absolute atomic E-state index is 13.7. The number of hydrogen-bond donors (Lipinski definition) is 1. The number of carbonyl (C=O) groups is 6. The summed E-state index contributed by atoms with van der Waals surface area (Å²) in [6.45, 7) is 12.1. The topological polar surface area (TPSA) is 371 Å². The molecule has 1 aliphatic carbocycles. The zero-order chi connectivity index (χ0) is 87.5. The molecule has 7 aromatic carbocycles. The van der Waals surface area contributed by atoms with Crippen molar-refractivity contribution >= 4 is 136 Å². The van der Waals surface area contributed by atoms with Crippen molar-refractivity contribution in [2.45, 2.75) is 140 Å². The third kappa shape index (κ3) is 24.0. The molecule has 1 aromatic heterocycles. The summed E-state index contributed by atoms with van der Waals surface area (Å²) in [6, 6.07) is 40.4. The number of hydrogen-bond acceptors (Lipinski definition) is 25. The molecule has 1 saturated carbocycles. The van der Waals surface area contributed by atoms with Crippen LogP contribution in [0.2, 0.25) is 5.02 Å². The van der Waals surface area contributed by atoms with Gasteiger partial charge in [-0.25, -0.2) is 79.8 Å². The van der Waals surface area contributed by atoms with Crippen molar-refractivity contribution < 1.29 is 118 Å². The minimum Gasteiger partial charge on any atom is -0.479 e. The fraction of sp³-hybridized carbons (Fsp3) is 0.329. The molecule has 5 heterocycles. The number of ether oxygens (including phenoxy) is 7. The number of thiazole rings is 1. The van der Waals surface area contributed by atoms with E-state index in [-0.39, 0.29) is 96.1 Å². The SMILES string of the molecule is CC(=O)/C(=C(\C(=O)O)c1ccc(Cl)cc1)c1ccc(S(C)(=O)=O)cc1.CC1(C)OC(=O)C(OCc2nccs2)=C1c1ccc(S(C)(=O)=O)cc1.CCCOC1C(=O)OCC1c1ccc(S(C)(=O)=O)cc1.CC[C@@]1(C)OC(=O)C(c2ccc(F)c(F)c2)=C1c1ccc(S(C)(=O)=O)cc1.CS(=O)(=O)c1ccc(C2COC(=O)C2OCCC2CC2)cc1. The highest BCUT2D eigenvalue weighted by molar-refractivity contribution is 7.91. The highest BCUT2D eigenvalue weighted by Gasteiger charge is 2.46. The summed E-state index contributed by atoms with van der Waals surface area (Å²) in [5.41, 5.74) is 3.08. The number of carbonyl (C=O) groups excluding carboxylic acids is 5. The molecular weight excluding hydrogens is 1680 g/mol. The fourth-order valence-corrected chi connectivity index (χ4v) is 16.8. The van der Waals surface area contributed by atoms with Crippen LogP contribution in [0.3, 0.4) is 0 Å². The Hall–Kier alpha value is -9.97. The summed E-state index contributed by atoms with van der Waals surface area (Å²) in [7, 11) is -16.5. The molecule has 0 amide bonds. The molecule has 1 N–H and O–H groups in total. The van der Waals surface area contributed by atoms with Crippen molar-refractivity contribution in [3.8, 4) is 0 Å². The Bertz CT molecular complexity index is 5820. The van der Waals surface area contributed by atoms with E-state index in [4.69, 9.17) is 44.8 Å². The van der Waals surface area contributed by atoms with E-state index < -0.39 is 108 Å². The summed E-state index contributed by atoms with van der Waals surface area (Å²) in [5.74, 6) is -5.09. The average molecular weight is 1770 g/mol. The third-order valence-electron chi connectivity index (χ3n) is 19.5. The van der Waals surface area contributed by atoms with Gasteiger partial charge in [-0.1, -0.05) is 117 Å². The predicted molar refractivity (Wildman–Crippen MR) is 441 cm³/mol. The van der Waals surface area contributed by atoms with Gasteiger partial charge in [0.05, 0.1) is 53.0 Å². The average Bonchev–Trinajstić information content (AvgIpc) is 1.02. The Morgan fingerprint density at radius 1 is 0.546 bits per heavy atom. The highest BCUT2D eigenvalue weighted by Crippen LogP contribution is 2.47. The van der Waals surface area contributed by atoms with Crippen LogP contribution in [0.15, 0.2) is 206 Å². The van der Waals surface area contributed by atoms with Crippen molar-refractivity contribution in [3.63, 3.8) is 0 Å². The number of allylic oxidation sites excluding steroid dienone is 1. The van der Waals surface area contributed by atoms with E-state index in [2.05, 4.69) is 4.98 Å². The first-order valence-corrected chi connectivity index (χ1v) is 47.7. The zero-order valence-corrected chi connectivity index (χ0v) is 72.2. The largest absolute Gasteiger partial charge is 0.479 e. The van der Waals surface area contributed by atoms with Gasteiger partial charge in [-0.15, -0.1) is 11.3 Å². The van der Waals surface area contributed by atoms with Crippen molar-refractivity contribution in [1.82, 2.24) is 4.98 Å². The molecule has 119 heavy (non-hydrogen) atoms. The number of nitrogens with zero attached hydrogens (tertiary/aromatic N) is 1. The van der Waals surface area contributed by atoms with E-state index >= 15 is 0 Å². The number of Topliss-reactive ketones (excluding diaryl/α,β-unsaturated/α-hetero) is 1. The Balaban J connectivity index is 0.000000170. The second kappa shape index (κ2) is 38.6. The number of cyclic esters (lactones) is 4. The van der Waals surface area contributed by atoms with Gasteiger partial charge in [-0.2, -0.15) is 0 Å². The molecule has 13 rings (SSSR count). The van der Waals surface area contributed by atoms with Crippen LogP contribution in [0, 0.1) is 17.6 Å². The number of rotatable bonds is 25. The van der Waals surface area contributed by atoms with Crippen LogP contribution in [0.4, 0.5) is 8.78 Å².